The molecule has 0 unspecified atom stereocenters. The van der Waals surface area contributed by atoms with E-state index < -0.39 is 0 Å². The molecule has 2 saturated carbocycles. The molecule has 1 heterocycles. The summed E-state index contributed by atoms with van der Waals surface area (Å²) in [5.41, 5.74) is 0.588. The molecule has 0 spiro atoms. The maximum Gasteiger partial charge on any atom is 0.254 e. The Morgan fingerprint density at radius 1 is 0.927 bits per heavy atom. The number of ether oxygens (including phenoxy) is 4. The zero-order valence-corrected chi connectivity index (χ0v) is 25.7. The van der Waals surface area contributed by atoms with E-state index in [-0.39, 0.29) is 23.8 Å². The Morgan fingerprint density at radius 2 is 1.63 bits per heavy atom. The van der Waals surface area contributed by atoms with Crippen LogP contribution in [0.5, 0.6) is 11.5 Å². The van der Waals surface area contributed by atoms with Crippen LogP contribution in [0.4, 0.5) is 0 Å². The van der Waals surface area contributed by atoms with Gasteiger partial charge in [-0.1, -0.05) is 0 Å². The molecule has 0 aromatic heterocycles. The molecule has 1 aliphatic heterocycles. The van der Waals surface area contributed by atoms with Gasteiger partial charge in [-0.15, -0.1) is 0 Å². The molecule has 41 heavy (non-hydrogen) atoms. The molecule has 3 fully saturated rings. The summed E-state index contributed by atoms with van der Waals surface area (Å²) in [4.78, 5) is 31.7. The molecule has 1 aromatic rings. The molecule has 1 saturated heterocycles. The van der Waals surface area contributed by atoms with Crippen molar-refractivity contribution >= 4 is 11.8 Å². The van der Waals surface area contributed by atoms with E-state index in [0.717, 1.165) is 64.6 Å². The highest BCUT2D eigenvalue weighted by Gasteiger charge is 2.41. The van der Waals surface area contributed by atoms with Gasteiger partial charge in [0, 0.05) is 77.0 Å². The van der Waals surface area contributed by atoms with E-state index in [1.54, 1.807) is 33.5 Å². The van der Waals surface area contributed by atoms with Crippen LogP contribution < -0.4 is 14.8 Å². The topological polar surface area (TPSA) is 89.6 Å². The minimum Gasteiger partial charge on any atom is -0.493 e. The largest absolute Gasteiger partial charge is 0.493 e. The fourth-order valence-electron chi connectivity index (χ4n) is 6.31. The van der Waals surface area contributed by atoms with Gasteiger partial charge >= 0.3 is 0 Å². The molecular weight excluding hydrogens is 522 g/mol. The Balaban J connectivity index is 1.41. The van der Waals surface area contributed by atoms with Gasteiger partial charge in [-0.05, 0) is 82.4 Å². The molecular formula is C32H51N3O6. The fourth-order valence-corrected chi connectivity index (χ4v) is 6.31. The second-order valence-electron chi connectivity index (χ2n) is 12.2. The SMILES string of the molecule is COCCCOc1cc(C(=O)N(C[C@@H]2CNC[C@H]2CN(C(=O)C2CCC(OC)CC2)C2CC2)C(C)C)ccc1OC. The summed E-state index contributed by atoms with van der Waals surface area (Å²) in [6.07, 6.45) is 7.03. The average molecular weight is 574 g/mol. The van der Waals surface area contributed by atoms with E-state index in [4.69, 9.17) is 18.9 Å². The first-order valence-electron chi connectivity index (χ1n) is 15.5. The van der Waals surface area contributed by atoms with E-state index in [0.29, 0.717) is 60.8 Å². The van der Waals surface area contributed by atoms with Crippen LogP contribution in [0.3, 0.4) is 0 Å². The normalized spacial score (nSPS) is 24.3. The molecule has 3 aliphatic rings. The highest BCUT2D eigenvalue weighted by molar-refractivity contribution is 5.95. The molecule has 9 heteroatoms. The lowest BCUT2D eigenvalue weighted by molar-refractivity contribution is -0.138. The van der Waals surface area contributed by atoms with Gasteiger partial charge in [0.1, 0.15) is 0 Å². The molecule has 2 atom stereocenters. The second kappa shape index (κ2) is 15.2. The van der Waals surface area contributed by atoms with E-state index in [2.05, 4.69) is 24.1 Å². The van der Waals surface area contributed by atoms with Crippen LogP contribution in [0, 0.1) is 17.8 Å². The number of carbonyl (C=O) groups excluding carboxylic acids is 2. The van der Waals surface area contributed by atoms with Crippen LogP contribution >= 0.6 is 0 Å². The number of nitrogens with zero attached hydrogens (tertiary/aromatic N) is 2. The van der Waals surface area contributed by atoms with Gasteiger partial charge < -0.3 is 34.1 Å². The third-order valence-corrected chi connectivity index (χ3v) is 9.01. The van der Waals surface area contributed by atoms with Crippen LogP contribution in [-0.2, 0) is 14.3 Å². The minimum atomic E-state index is -0.0138. The van der Waals surface area contributed by atoms with Gasteiger partial charge in [0.25, 0.3) is 5.91 Å². The number of rotatable bonds is 15. The monoisotopic (exact) mass is 573 g/mol. The average Bonchev–Trinajstić information content (AvgIpc) is 3.74. The van der Waals surface area contributed by atoms with Crippen LogP contribution in [0.2, 0.25) is 0 Å². The Kier molecular flexibility index (Phi) is 11.7. The third kappa shape index (κ3) is 8.36. The van der Waals surface area contributed by atoms with Crippen LogP contribution in [0.1, 0.15) is 69.2 Å². The summed E-state index contributed by atoms with van der Waals surface area (Å²) in [6, 6.07) is 5.83. The van der Waals surface area contributed by atoms with Crippen LogP contribution in [0.15, 0.2) is 18.2 Å². The first-order valence-corrected chi connectivity index (χ1v) is 15.5. The standard InChI is InChI=1S/C32H51N3O6/c1-22(2)34(32(37)24-9-14-29(40-5)30(17-24)41-16-6-15-38-3)20-25-18-33-19-26(25)21-35(27-10-11-27)31(36)23-7-12-28(39-4)13-8-23/h9,14,17,22-23,25-28,33H,6-8,10-13,15-16,18-21H2,1-5H3/t23?,25-,26-,28?/m0/s1. The van der Waals surface area contributed by atoms with Crippen molar-refractivity contribution in [3.05, 3.63) is 23.8 Å². The van der Waals surface area contributed by atoms with E-state index in [1.165, 1.54) is 0 Å². The van der Waals surface area contributed by atoms with E-state index in [1.807, 2.05) is 11.0 Å². The maximum atomic E-state index is 13.8. The van der Waals surface area contributed by atoms with Gasteiger partial charge in [-0.3, -0.25) is 9.59 Å². The van der Waals surface area contributed by atoms with Crippen LogP contribution in [-0.4, -0.2) is 101 Å². The molecule has 2 aliphatic carbocycles. The highest BCUT2D eigenvalue weighted by Crippen LogP contribution is 2.35. The quantitative estimate of drug-likeness (QED) is 0.318. The lowest BCUT2D eigenvalue weighted by Crippen LogP contribution is -2.46. The lowest BCUT2D eigenvalue weighted by Gasteiger charge is -2.36. The predicted octanol–water partition coefficient (Wildman–Crippen LogP) is 3.99. The van der Waals surface area contributed by atoms with Crippen molar-refractivity contribution in [2.75, 3.05) is 60.7 Å². The van der Waals surface area contributed by atoms with E-state index in [9.17, 15) is 9.59 Å². The Labute approximate surface area is 246 Å². The third-order valence-electron chi connectivity index (χ3n) is 9.01. The van der Waals surface area contributed by atoms with Crippen molar-refractivity contribution < 1.29 is 28.5 Å². The zero-order chi connectivity index (χ0) is 29.4. The lowest BCUT2D eigenvalue weighted by atomic mass is 9.85. The number of methoxy groups -OCH3 is 3. The van der Waals surface area contributed by atoms with Gasteiger partial charge in [-0.2, -0.15) is 0 Å². The minimum absolute atomic E-state index is 0.0138. The predicted molar refractivity (Wildman–Crippen MR) is 158 cm³/mol. The maximum absolute atomic E-state index is 13.8. The molecule has 9 nitrogen and oxygen atoms in total. The molecule has 2 amide bonds. The van der Waals surface area contributed by atoms with Crippen molar-refractivity contribution in [1.29, 1.82) is 0 Å². The summed E-state index contributed by atoms with van der Waals surface area (Å²) >= 11 is 0. The smallest absolute Gasteiger partial charge is 0.254 e. The molecule has 1 N–H and O–H groups in total. The molecule has 1 aromatic carbocycles. The van der Waals surface area contributed by atoms with Gasteiger partial charge in [0.05, 0.1) is 19.8 Å². The summed E-state index contributed by atoms with van der Waals surface area (Å²) in [5.74, 6) is 2.21. The number of carbonyl (C=O) groups is 2. The number of benzene rings is 1. The fraction of sp³-hybridized carbons (Fsp3) is 0.750. The van der Waals surface area contributed by atoms with Crippen molar-refractivity contribution in [2.45, 2.75) is 77.0 Å². The van der Waals surface area contributed by atoms with Gasteiger partial charge in [0.2, 0.25) is 5.91 Å². The van der Waals surface area contributed by atoms with Crippen molar-refractivity contribution in [3.8, 4) is 11.5 Å². The van der Waals surface area contributed by atoms with Gasteiger partial charge in [-0.25, -0.2) is 0 Å². The van der Waals surface area contributed by atoms with Gasteiger partial charge in [0.15, 0.2) is 11.5 Å². The Hall–Kier alpha value is -2.36. The van der Waals surface area contributed by atoms with E-state index >= 15 is 0 Å². The summed E-state index contributed by atoms with van der Waals surface area (Å²) in [5, 5.41) is 3.56. The number of hydrogen-bond donors (Lipinski definition) is 1. The first-order chi connectivity index (χ1) is 19.9. The highest BCUT2D eigenvalue weighted by atomic mass is 16.5. The Bertz CT molecular complexity index is 992. The van der Waals surface area contributed by atoms with Crippen LogP contribution in [0.25, 0.3) is 0 Å². The molecule has 230 valence electrons. The number of amides is 2. The van der Waals surface area contributed by atoms with Crippen molar-refractivity contribution in [3.63, 3.8) is 0 Å². The first kappa shape index (κ1) is 31.6. The summed E-state index contributed by atoms with van der Waals surface area (Å²) in [7, 11) is 5.04. The second-order valence-corrected chi connectivity index (χ2v) is 12.2. The molecule has 0 bridgehead atoms. The van der Waals surface area contributed by atoms with Crippen molar-refractivity contribution in [2.24, 2.45) is 17.8 Å². The molecule has 0 radical (unpaired) electrons. The molecule has 4 rings (SSSR count). The summed E-state index contributed by atoms with van der Waals surface area (Å²) in [6.45, 7) is 8.37. The zero-order valence-electron chi connectivity index (χ0n) is 25.7. The number of nitrogens with one attached hydrogen (secondary N) is 1. The Morgan fingerprint density at radius 3 is 2.24 bits per heavy atom. The summed E-state index contributed by atoms with van der Waals surface area (Å²) < 4.78 is 22.1. The van der Waals surface area contributed by atoms with Crippen molar-refractivity contribution in [1.82, 2.24) is 15.1 Å². The number of hydrogen-bond acceptors (Lipinski definition) is 7.